The van der Waals surface area contributed by atoms with Gasteiger partial charge in [0.25, 0.3) is 5.91 Å². The van der Waals surface area contributed by atoms with Crippen LogP contribution in [0.4, 0.5) is 0 Å². The highest BCUT2D eigenvalue weighted by Gasteiger charge is 2.28. The quantitative estimate of drug-likeness (QED) is 0.291. The van der Waals surface area contributed by atoms with Crippen LogP contribution >= 0.6 is 0 Å². The van der Waals surface area contributed by atoms with E-state index in [-0.39, 0.29) is 18.0 Å². The first-order chi connectivity index (χ1) is 17.4. The van der Waals surface area contributed by atoms with E-state index in [2.05, 4.69) is 43.0 Å². The van der Waals surface area contributed by atoms with Gasteiger partial charge in [-0.15, -0.1) is 0 Å². The zero-order chi connectivity index (χ0) is 25.2. The van der Waals surface area contributed by atoms with Gasteiger partial charge >= 0.3 is 0 Å². The van der Waals surface area contributed by atoms with Crippen molar-refractivity contribution in [2.45, 2.75) is 32.9 Å². The van der Waals surface area contributed by atoms with Crippen LogP contribution < -0.4 is 0 Å². The maximum atomic E-state index is 14.2. The third-order valence-electron chi connectivity index (χ3n) is 6.42. The molecule has 5 rings (SSSR count). The van der Waals surface area contributed by atoms with E-state index in [1.165, 1.54) is 5.56 Å². The summed E-state index contributed by atoms with van der Waals surface area (Å²) >= 11 is 0. The third-order valence-corrected chi connectivity index (χ3v) is 6.42. The third kappa shape index (κ3) is 4.38. The van der Waals surface area contributed by atoms with Crippen LogP contribution in [-0.4, -0.2) is 37.6 Å². The lowest BCUT2D eigenvalue weighted by molar-refractivity contribution is 0.0754. The average Bonchev–Trinajstić information content (AvgIpc) is 3.34. The zero-order valence-electron chi connectivity index (χ0n) is 21.0. The normalized spacial score (nSPS) is 12.1. The summed E-state index contributed by atoms with van der Waals surface area (Å²) in [5, 5.41) is 5.32. The molecule has 0 bridgehead atoms. The van der Waals surface area contributed by atoms with Crippen molar-refractivity contribution in [3.8, 4) is 11.3 Å². The molecular formula is C30H29N5O. The van der Waals surface area contributed by atoms with Crippen molar-refractivity contribution in [2.75, 3.05) is 7.05 Å². The minimum atomic E-state index is -0.342. The van der Waals surface area contributed by atoms with Crippen LogP contribution in [-0.2, 0) is 0 Å². The Balaban J connectivity index is 1.66. The number of amides is 1. The number of nitrogens with zero attached hydrogens (tertiary/aromatic N) is 5. The number of fused-ring (bicyclic) bond motifs is 1. The fraction of sp³-hybridized carbons (Fsp3) is 0.200. The summed E-state index contributed by atoms with van der Waals surface area (Å²) in [6.07, 6.45) is 3.51. The van der Waals surface area contributed by atoms with Gasteiger partial charge in [-0.3, -0.25) is 9.78 Å². The molecule has 5 aromatic rings. The van der Waals surface area contributed by atoms with Gasteiger partial charge in [0, 0.05) is 24.8 Å². The van der Waals surface area contributed by atoms with Crippen molar-refractivity contribution < 1.29 is 4.79 Å². The summed E-state index contributed by atoms with van der Waals surface area (Å²) in [5.74, 6) is -0.112. The fourth-order valence-corrected chi connectivity index (χ4v) is 4.52. The lowest BCUT2D eigenvalue weighted by atomic mass is 9.99. The molecule has 36 heavy (non-hydrogen) atoms. The molecule has 0 fully saturated rings. The van der Waals surface area contributed by atoms with Crippen molar-refractivity contribution in [3.63, 3.8) is 0 Å². The standard InChI is InChI=1S/C30H29N5O/c1-20(2)35-29-25(19-32-35)24(18-27(33-29)22-15-13-21(3)14-16-22)30(36)34(4)28(23-10-6-5-7-11-23)26-12-8-9-17-31-26/h5-20,28H,1-4H3. The number of carbonyl (C=O) groups is 1. The van der Waals surface area contributed by atoms with Gasteiger partial charge < -0.3 is 4.90 Å². The Labute approximate surface area is 211 Å². The second-order valence-corrected chi connectivity index (χ2v) is 9.33. The molecule has 180 valence electrons. The smallest absolute Gasteiger partial charge is 0.255 e. The van der Waals surface area contributed by atoms with Gasteiger partial charge in [-0.2, -0.15) is 5.10 Å². The van der Waals surface area contributed by atoms with Gasteiger partial charge in [0.15, 0.2) is 5.65 Å². The number of aromatic nitrogens is 4. The van der Waals surface area contributed by atoms with E-state index in [4.69, 9.17) is 4.98 Å². The Kier molecular flexibility index (Phi) is 6.34. The van der Waals surface area contributed by atoms with Crippen LogP contribution in [0.5, 0.6) is 0 Å². The topological polar surface area (TPSA) is 63.9 Å². The van der Waals surface area contributed by atoms with Gasteiger partial charge in [-0.25, -0.2) is 9.67 Å². The van der Waals surface area contributed by atoms with Crippen LogP contribution in [0.3, 0.4) is 0 Å². The van der Waals surface area contributed by atoms with Crippen molar-refractivity contribution in [3.05, 3.63) is 114 Å². The van der Waals surface area contributed by atoms with Gasteiger partial charge in [0.05, 0.1) is 34.6 Å². The van der Waals surface area contributed by atoms with E-state index < -0.39 is 0 Å². The maximum Gasteiger partial charge on any atom is 0.255 e. The molecule has 1 amide bonds. The average molecular weight is 476 g/mol. The molecule has 3 aromatic heterocycles. The van der Waals surface area contributed by atoms with Crippen LogP contribution in [0.2, 0.25) is 0 Å². The molecular weight excluding hydrogens is 446 g/mol. The number of aryl methyl sites for hydroxylation is 1. The number of pyridine rings is 2. The molecule has 0 N–H and O–H groups in total. The van der Waals surface area contributed by atoms with Gasteiger partial charge in [0.1, 0.15) is 0 Å². The summed E-state index contributed by atoms with van der Waals surface area (Å²) in [7, 11) is 1.83. The van der Waals surface area contributed by atoms with Crippen molar-refractivity contribution in [2.24, 2.45) is 0 Å². The lowest BCUT2D eigenvalue weighted by Gasteiger charge is -2.28. The highest BCUT2D eigenvalue weighted by molar-refractivity contribution is 6.06. The molecule has 6 nitrogen and oxygen atoms in total. The molecule has 2 aromatic carbocycles. The Morgan fingerprint density at radius 2 is 1.67 bits per heavy atom. The molecule has 0 radical (unpaired) electrons. The summed E-state index contributed by atoms with van der Waals surface area (Å²) in [6, 6.07) is 25.6. The molecule has 0 aliphatic rings. The number of hydrogen-bond donors (Lipinski definition) is 0. The summed E-state index contributed by atoms with van der Waals surface area (Å²) < 4.78 is 1.87. The monoisotopic (exact) mass is 475 g/mol. The first-order valence-electron chi connectivity index (χ1n) is 12.1. The van der Waals surface area contributed by atoms with E-state index in [1.54, 1.807) is 17.3 Å². The fourth-order valence-electron chi connectivity index (χ4n) is 4.52. The molecule has 1 unspecified atom stereocenters. The summed E-state index contributed by atoms with van der Waals surface area (Å²) in [4.78, 5) is 25.5. The second-order valence-electron chi connectivity index (χ2n) is 9.33. The molecule has 1 atom stereocenters. The first-order valence-corrected chi connectivity index (χ1v) is 12.1. The number of rotatable bonds is 6. The molecule has 0 aliphatic carbocycles. The molecule has 0 saturated heterocycles. The van der Waals surface area contributed by atoms with E-state index in [9.17, 15) is 4.79 Å². The van der Waals surface area contributed by atoms with Crippen molar-refractivity contribution >= 4 is 16.9 Å². The van der Waals surface area contributed by atoms with E-state index in [1.807, 2.05) is 78.5 Å². The largest absolute Gasteiger partial charge is 0.329 e. The van der Waals surface area contributed by atoms with Crippen molar-refractivity contribution in [1.82, 2.24) is 24.6 Å². The second kappa shape index (κ2) is 9.74. The van der Waals surface area contributed by atoms with E-state index >= 15 is 0 Å². The Morgan fingerprint density at radius 1 is 0.944 bits per heavy atom. The number of carbonyl (C=O) groups excluding carboxylic acids is 1. The first kappa shape index (κ1) is 23.4. The van der Waals surface area contributed by atoms with Crippen LogP contribution in [0.1, 0.15) is 53.1 Å². The van der Waals surface area contributed by atoms with Crippen molar-refractivity contribution in [1.29, 1.82) is 0 Å². The lowest BCUT2D eigenvalue weighted by Crippen LogP contribution is -2.32. The predicted molar refractivity (Wildman–Crippen MR) is 143 cm³/mol. The van der Waals surface area contributed by atoms with Crippen LogP contribution in [0.25, 0.3) is 22.3 Å². The molecule has 0 aliphatic heterocycles. The van der Waals surface area contributed by atoms with E-state index in [0.717, 1.165) is 27.9 Å². The predicted octanol–water partition coefficient (Wildman–Crippen LogP) is 6.24. The summed E-state index contributed by atoms with van der Waals surface area (Å²) in [6.45, 7) is 6.18. The minimum absolute atomic E-state index is 0.106. The molecule has 3 heterocycles. The van der Waals surface area contributed by atoms with Crippen LogP contribution in [0, 0.1) is 6.92 Å². The molecule has 0 spiro atoms. The minimum Gasteiger partial charge on any atom is -0.329 e. The Hall–Kier alpha value is -4.32. The Morgan fingerprint density at radius 3 is 2.33 bits per heavy atom. The highest BCUT2D eigenvalue weighted by Crippen LogP contribution is 2.31. The van der Waals surface area contributed by atoms with Gasteiger partial charge in [-0.05, 0) is 44.5 Å². The zero-order valence-corrected chi connectivity index (χ0v) is 21.0. The van der Waals surface area contributed by atoms with Gasteiger partial charge in [-0.1, -0.05) is 66.2 Å². The maximum absolute atomic E-state index is 14.2. The van der Waals surface area contributed by atoms with E-state index in [0.29, 0.717) is 11.2 Å². The molecule has 0 saturated carbocycles. The number of hydrogen-bond acceptors (Lipinski definition) is 4. The summed E-state index contributed by atoms with van der Waals surface area (Å²) in [5.41, 5.74) is 5.95. The van der Waals surface area contributed by atoms with Gasteiger partial charge in [0.2, 0.25) is 0 Å². The SMILES string of the molecule is Cc1ccc(-c2cc(C(=O)N(C)C(c3ccccc3)c3ccccn3)c3cnn(C(C)C)c3n2)cc1. The Bertz CT molecular complexity index is 1450. The highest BCUT2D eigenvalue weighted by atomic mass is 16.2. The number of benzene rings is 2. The molecule has 6 heteroatoms. The van der Waals surface area contributed by atoms with Crippen LogP contribution in [0.15, 0.2) is 91.3 Å².